The summed E-state index contributed by atoms with van der Waals surface area (Å²) in [5.41, 5.74) is 4.25. The molecule has 1 aliphatic carbocycles. The van der Waals surface area contributed by atoms with Crippen LogP contribution >= 0.6 is 0 Å². The molecular formula is C13H20. The minimum atomic E-state index is 0.847. The summed E-state index contributed by atoms with van der Waals surface area (Å²) < 4.78 is 0. The van der Waals surface area contributed by atoms with Gasteiger partial charge in [-0.25, -0.2) is 0 Å². The van der Waals surface area contributed by atoms with Gasteiger partial charge >= 0.3 is 0 Å². The van der Waals surface area contributed by atoms with Crippen LogP contribution in [0.5, 0.6) is 0 Å². The first-order chi connectivity index (χ1) is 6.20. The maximum absolute atomic E-state index is 3.80. The largest absolute Gasteiger partial charge is 0.125 e. The Hall–Kier alpha value is -0.740. The lowest BCUT2D eigenvalue weighted by Crippen LogP contribution is -2.18. The Morgan fingerprint density at radius 1 is 1.62 bits per heavy atom. The molecule has 1 unspecified atom stereocenters. The first kappa shape index (κ1) is 10.3. The van der Waals surface area contributed by atoms with Crippen molar-refractivity contribution in [3.8, 4) is 0 Å². The highest BCUT2D eigenvalue weighted by atomic mass is 14.3. The number of allylic oxidation sites excluding steroid dienone is 2. The van der Waals surface area contributed by atoms with Crippen LogP contribution < -0.4 is 0 Å². The summed E-state index contributed by atoms with van der Waals surface area (Å²) in [6.45, 7) is 8.14. The minimum absolute atomic E-state index is 0.847. The maximum Gasteiger partial charge on any atom is -0.0180 e. The van der Waals surface area contributed by atoms with Gasteiger partial charge in [0.05, 0.1) is 0 Å². The van der Waals surface area contributed by atoms with E-state index in [1.54, 1.807) is 0 Å². The summed E-state index contributed by atoms with van der Waals surface area (Å²) in [7, 11) is 0. The molecule has 0 saturated heterocycles. The second kappa shape index (κ2) is 5.09. The maximum atomic E-state index is 3.80. The quantitative estimate of drug-likeness (QED) is 0.447. The highest BCUT2D eigenvalue weighted by Crippen LogP contribution is 2.34. The fourth-order valence-corrected chi connectivity index (χ4v) is 1.66. The topological polar surface area (TPSA) is 0 Å². The van der Waals surface area contributed by atoms with Gasteiger partial charge in [-0.05, 0) is 37.3 Å². The third kappa shape index (κ3) is 3.65. The summed E-state index contributed by atoms with van der Waals surface area (Å²) in [5.74, 6) is 1.84. The van der Waals surface area contributed by atoms with Crippen molar-refractivity contribution < 1.29 is 0 Å². The summed E-state index contributed by atoms with van der Waals surface area (Å²) in [4.78, 5) is 0. The molecule has 0 aromatic rings. The Labute approximate surface area is 82.0 Å². The van der Waals surface area contributed by atoms with E-state index in [1.807, 2.05) is 13.0 Å². The van der Waals surface area contributed by atoms with E-state index in [4.69, 9.17) is 0 Å². The Bertz CT molecular complexity index is 224. The second-order valence-electron chi connectivity index (χ2n) is 4.27. The summed E-state index contributed by atoms with van der Waals surface area (Å²) in [6, 6.07) is 0. The van der Waals surface area contributed by atoms with Gasteiger partial charge in [0.1, 0.15) is 0 Å². The van der Waals surface area contributed by atoms with Crippen LogP contribution in [-0.4, -0.2) is 0 Å². The molecule has 0 bridgehead atoms. The standard InChI is InChI=1S/C13H20/c1-11(2)7-4-5-8-12(3)13-9-6-10-13/h5,7,12-13H,1,6,8-10H2,2-3H3. The van der Waals surface area contributed by atoms with E-state index in [2.05, 4.69) is 25.3 Å². The molecule has 0 aromatic carbocycles. The molecule has 0 amide bonds. The molecule has 0 heterocycles. The van der Waals surface area contributed by atoms with Crippen molar-refractivity contribution in [1.29, 1.82) is 0 Å². The lowest BCUT2D eigenvalue weighted by molar-refractivity contribution is 0.222. The molecule has 0 spiro atoms. The molecule has 0 aromatic heterocycles. The Balaban J connectivity index is 2.24. The molecule has 1 saturated carbocycles. The molecule has 1 rings (SSSR count). The molecule has 0 heteroatoms. The normalized spacial score (nSPS) is 18.3. The van der Waals surface area contributed by atoms with Gasteiger partial charge in [0.2, 0.25) is 0 Å². The van der Waals surface area contributed by atoms with E-state index in [-0.39, 0.29) is 0 Å². The molecular weight excluding hydrogens is 156 g/mol. The van der Waals surface area contributed by atoms with E-state index in [1.165, 1.54) is 25.7 Å². The molecule has 0 aliphatic heterocycles. The smallest absolute Gasteiger partial charge is 0.0180 e. The van der Waals surface area contributed by atoms with Gasteiger partial charge in [0.25, 0.3) is 0 Å². The van der Waals surface area contributed by atoms with Crippen LogP contribution in [0.2, 0.25) is 0 Å². The zero-order valence-corrected chi connectivity index (χ0v) is 8.84. The average molecular weight is 176 g/mol. The Morgan fingerprint density at radius 2 is 2.31 bits per heavy atom. The third-order valence-electron chi connectivity index (χ3n) is 2.89. The van der Waals surface area contributed by atoms with Crippen molar-refractivity contribution in [2.24, 2.45) is 11.8 Å². The molecule has 1 fully saturated rings. The van der Waals surface area contributed by atoms with Crippen molar-refractivity contribution in [3.05, 3.63) is 30.0 Å². The van der Waals surface area contributed by atoms with Crippen molar-refractivity contribution >= 4 is 0 Å². The van der Waals surface area contributed by atoms with Crippen LogP contribution in [0.4, 0.5) is 0 Å². The van der Waals surface area contributed by atoms with Gasteiger partial charge in [-0.3, -0.25) is 0 Å². The van der Waals surface area contributed by atoms with E-state index in [0.717, 1.165) is 17.4 Å². The summed E-state index contributed by atoms with van der Waals surface area (Å²) in [5, 5.41) is 0. The van der Waals surface area contributed by atoms with Gasteiger partial charge in [-0.1, -0.05) is 38.3 Å². The van der Waals surface area contributed by atoms with Crippen molar-refractivity contribution in [2.75, 3.05) is 0 Å². The minimum Gasteiger partial charge on any atom is -0.125 e. The van der Waals surface area contributed by atoms with Crippen molar-refractivity contribution in [2.45, 2.75) is 39.5 Å². The average Bonchev–Trinajstić information content (AvgIpc) is 1.94. The SMILES string of the molecule is C=C(C)C=C=CCC(C)C1CCC1. The number of hydrogen-bond acceptors (Lipinski definition) is 0. The Morgan fingerprint density at radius 3 is 2.77 bits per heavy atom. The van der Waals surface area contributed by atoms with Crippen molar-refractivity contribution in [3.63, 3.8) is 0 Å². The first-order valence-electron chi connectivity index (χ1n) is 5.26. The highest BCUT2D eigenvalue weighted by Gasteiger charge is 2.22. The molecule has 0 radical (unpaired) electrons. The van der Waals surface area contributed by atoms with Crippen LogP contribution in [0.3, 0.4) is 0 Å². The fraction of sp³-hybridized carbons (Fsp3) is 0.615. The third-order valence-corrected chi connectivity index (χ3v) is 2.89. The number of rotatable bonds is 4. The Kier molecular flexibility index (Phi) is 4.05. The molecule has 1 atom stereocenters. The molecule has 0 nitrogen and oxygen atoms in total. The van der Waals surface area contributed by atoms with E-state index in [9.17, 15) is 0 Å². The van der Waals surface area contributed by atoms with Crippen LogP contribution in [0.25, 0.3) is 0 Å². The van der Waals surface area contributed by atoms with E-state index in [0.29, 0.717) is 0 Å². The molecule has 72 valence electrons. The van der Waals surface area contributed by atoms with Gasteiger partial charge < -0.3 is 0 Å². The monoisotopic (exact) mass is 176 g/mol. The van der Waals surface area contributed by atoms with Crippen LogP contribution in [-0.2, 0) is 0 Å². The summed E-state index contributed by atoms with van der Waals surface area (Å²) >= 11 is 0. The van der Waals surface area contributed by atoms with Crippen LogP contribution in [0.1, 0.15) is 39.5 Å². The number of hydrogen-bond donors (Lipinski definition) is 0. The fourth-order valence-electron chi connectivity index (χ4n) is 1.66. The molecule has 0 N–H and O–H groups in total. The predicted molar refractivity (Wildman–Crippen MR) is 58.6 cm³/mol. The molecule has 1 aliphatic rings. The zero-order valence-electron chi connectivity index (χ0n) is 8.84. The molecule has 13 heavy (non-hydrogen) atoms. The van der Waals surface area contributed by atoms with Crippen LogP contribution in [0, 0.1) is 11.8 Å². The highest BCUT2D eigenvalue weighted by molar-refractivity contribution is 5.10. The van der Waals surface area contributed by atoms with Gasteiger partial charge in [0, 0.05) is 0 Å². The van der Waals surface area contributed by atoms with E-state index < -0.39 is 0 Å². The van der Waals surface area contributed by atoms with Gasteiger partial charge in [-0.15, -0.1) is 5.73 Å². The van der Waals surface area contributed by atoms with Crippen molar-refractivity contribution in [1.82, 2.24) is 0 Å². The van der Waals surface area contributed by atoms with Gasteiger partial charge in [-0.2, -0.15) is 0 Å². The zero-order chi connectivity index (χ0) is 9.68. The lowest BCUT2D eigenvalue weighted by atomic mass is 9.75. The lowest BCUT2D eigenvalue weighted by Gasteiger charge is -2.30. The van der Waals surface area contributed by atoms with Gasteiger partial charge in [0.15, 0.2) is 0 Å². The predicted octanol–water partition coefficient (Wildman–Crippen LogP) is 4.10. The summed E-state index contributed by atoms with van der Waals surface area (Å²) in [6.07, 6.45) is 9.61. The van der Waals surface area contributed by atoms with Crippen LogP contribution in [0.15, 0.2) is 30.0 Å². The van der Waals surface area contributed by atoms with E-state index >= 15 is 0 Å². The first-order valence-corrected chi connectivity index (χ1v) is 5.26. The second-order valence-corrected chi connectivity index (χ2v) is 4.27.